The molecule has 1 aromatic heterocycles. The molecule has 1 amide bonds. The van der Waals surface area contributed by atoms with Crippen molar-refractivity contribution in [1.82, 2.24) is 4.90 Å². The number of rotatable bonds is 3. The number of nitrogens with two attached hydrogens (primary N) is 1. The monoisotopic (exact) mass is 301 g/mol. The minimum atomic E-state index is -0.0709. The van der Waals surface area contributed by atoms with Crippen LogP contribution in [0.5, 0.6) is 5.75 Å². The van der Waals surface area contributed by atoms with E-state index in [0.29, 0.717) is 16.3 Å². The molecular weight excluding hydrogens is 282 g/mol. The molecule has 106 valence electrons. The number of methoxy groups -OCH3 is 1. The Morgan fingerprint density at radius 3 is 2.53 bits per heavy atom. The third-order valence-corrected chi connectivity index (χ3v) is 5.16. The Kier molecular flexibility index (Phi) is 4.46. The van der Waals surface area contributed by atoms with Gasteiger partial charge in [0.15, 0.2) is 5.75 Å². The van der Waals surface area contributed by atoms with Crippen LogP contribution in [0.3, 0.4) is 0 Å². The van der Waals surface area contributed by atoms with Crippen LogP contribution in [0.2, 0.25) is 0 Å². The molecule has 0 saturated carbocycles. The molecule has 5 nitrogen and oxygen atoms in total. The van der Waals surface area contributed by atoms with E-state index in [1.165, 1.54) is 16.2 Å². The molecule has 2 rings (SSSR count). The van der Waals surface area contributed by atoms with Gasteiger partial charge >= 0.3 is 0 Å². The van der Waals surface area contributed by atoms with Crippen LogP contribution in [-0.4, -0.2) is 56.6 Å². The Morgan fingerprint density at radius 1 is 1.37 bits per heavy atom. The van der Waals surface area contributed by atoms with Crippen molar-refractivity contribution in [2.45, 2.75) is 0 Å². The van der Waals surface area contributed by atoms with Gasteiger partial charge in [-0.2, -0.15) is 11.8 Å². The predicted octanol–water partition coefficient (Wildman–Crippen LogP) is 1.59. The van der Waals surface area contributed by atoms with Gasteiger partial charge in [-0.25, -0.2) is 0 Å². The zero-order valence-electron chi connectivity index (χ0n) is 11.4. The standard InChI is InChI=1S/C12H19N3O2S2/c1-14(2)11(16)10-8(13)9(17-3)12(19-10)15-4-6-18-7-5-15/h4-7,13H2,1-3H3. The van der Waals surface area contributed by atoms with Gasteiger partial charge in [-0.15, -0.1) is 11.3 Å². The van der Waals surface area contributed by atoms with Crippen molar-refractivity contribution >= 4 is 39.7 Å². The van der Waals surface area contributed by atoms with Crippen molar-refractivity contribution in [2.24, 2.45) is 0 Å². The van der Waals surface area contributed by atoms with Gasteiger partial charge in [0.1, 0.15) is 15.6 Å². The average molecular weight is 301 g/mol. The maximum atomic E-state index is 12.1. The summed E-state index contributed by atoms with van der Waals surface area (Å²) in [5, 5.41) is 0.977. The topological polar surface area (TPSA) is 58.8 Å². The molecule has 0 aromatic carbocycles. The number of ether oxygens (including phenoxy) is 1. The van der Waals surface area contributed by atoms with E-state index < -0.39 is 0 Å². The van der Waals surface area contributed by atoms with Crippen LogP contribution >= 0.6 is 23.1 Å². The van der Waals surface area contributed by atoms with Gasteiger partial charge in [0.05, 0.1) is 7.11 Å². The van der Waals surface area contributed by atoms with Crippen LogP contribution in [0.1, 0.15) is 9.67 Å². The molecule has 1 aliphatic heterocycles. The van der Waals surface area contributed by atoms with E-state index in [4.69, 9.17) is 10.5 Å². The van der Waals surface area contributed by atoms with Gasteiger partial charge in [-0.1, -0.05) is 0 Å². The summed E-state index contributed by atoms with van der Waals surface area (Å²) < 4.78 is 5.41. The van der Waals surface area contributed by atoms with Crippen molar-refractivity contribution in [3.63, 3.8) is 0 Å². The lowest BCUT2D eigenvalue weighted by atomic mass is 10.3. The highest BCUT2D eigenvalue weighted by Crippen LogP contribution is 2.45. The molecular formula is C12H19N3O2S2. The summed E-state index contributed by atoms with van der Waals surface area (Å²) in [6, 6.07) is 0. The van der Waals surface area contributed by atoms with Crippen LogP contribution in [0, 0.1) is 0 Å². The number of amides is 1. The number of thioether (sulfide) groups is 1. The normalized spacial score (nSPS) is 15.4. The summed E-state index contributed by atoms with van der Waals surface area (Å²) in [7, 11) is 5.06. The second-order valence-electron chi connectivity index (χ2n) is 4.48. The van der Waals surface area contributed by atoms with Gasteiger partial charge in [-0.05, 0) is 0 Å². The number of carbonyl (C=O) groups excluding carboxylic acids is 1. The van der Waals surface area contributed by atoms with Gasteiger partial charge in [0.25, 0.3) is 5.91 Å². The number of nitrogens with zero attached hydrogens (tertiary/aromatic N) is 2. The fourth-order valence-electron chi connectivity index (χ4n) is 1.95. The summed E-state index contributed by atoms with van der Waals surface area (Å²) in [6.45, 7) is 1.94. The third kappa shape index (κ3) is 2.76. The van der Waals surface area contributed by atoms with Crippen LogP contribution in [-0.2, 0) is 0 Å². The van der Waals surface area contributed by atoms with Gasteiger partial charge in [-0.3, -0.25) is 4.79 Å². The average Bonchev–Trinajstić information content (AvgIpc) is 2.75. The Labute approximate surface area is 121 Å². The molecule has 0 aliphatic carbocycles. The van der Waals surface area contributed by atoms with E-state index in [0.717, 1.165) is 29.6 Å². The Hall–Kier alpha value is -1.08. The van der Waals surface area contributed by atoms with Crippen LogP contribution in [0.25, 0.3) is 0 Å². The van der Waals surface area contributed by atoms with Crippen LogP contribution in [0.4, 0.5) is 10.7 Å². The summed E-state index contributed by atoms with van der Waals surface area (Å²) >= 11 is 3.37. The first-order valence-corrected chi connectivity index (χ1v) is 8.04. The highest BCUT2D eigenvalue weighted by molar-refractivity contribution is 7.99. The zero-order chi connectivity index (χ0) is 14.0. The van der Waals surface area contributed by atoms with Gasteiger partial charge in [0.2, 0.25) is 0 Å². The fourth-order valence-corrected chi connectivity index (χ4v) is 4.12. The Bertz CT molecular complexity index is 468. The first-order valence-electron chi connectivity index (χ1n) is 6.06. The Morgan fingerprint density at radius 2 is 2.00 bits per heavy atom. The lowest BCUT2D eigenvalue weighted by Crippen LogP contribution is -2.32. The molecule has 7 heteroatoms. The molecule has 0 unspecified atom stereocenters. The molecule has 1 aromatic rings. The van der Waals surface area contributed by atoms with E-state index in [1.807, 2.05) is 11.8 Å². The maximum absolute atomic E-state index is 12.1. The van der Waals surface area contributed by atoms with E-state index in [-0.39, 0.29) is 5.91 Å². The van der Waals surface area contributed by atoms with Crippen molar-refractivity contribution in [1.29, 1.82) is 0 Å². The molecule has 19 heavy (non-hydrogen) atoms. The molecule has 0 radical (unpaired) electrons. The number of hydrogen-bond acceptors (Lipinski definition) is 6. The number of thiophene rings is 1. The number of hydrogen-bond donors (Lipinski definition) is 1. The van der Waals surface area contributed by atoms with E-state index >= 15 is 0 Å². The lowest BCUT2D eigenvalue weighted by Gasteiger charge is -2.27. The van der Waals surface area contributed by atoms with Crippen molar-refractivity contribution in [3.8, 4) is 5.75 Å². The predicted molar refractivity (Wildman–Crippen MR) is 82.8 cm³/mol. The minimum absolute atomic E-state index is 0.0709. The summed E-state index contributed by atoms with van der Waals surface area (Å²) in [5.74, 6) is 2.76. The second-order valence-corrected chi connectivity index (χ2v) is 6.71. The largest absolute Gasteiger partial charge is 0.492 e. The quantitative estimate of drug-likeness (QED) is 0.919. The van der Waals surface area contributed by atoms with Crippen molar-refractivity contribution in [2.75, 3.05) is 56.4 Å². The fraction of sp³-hybridized carbons (Fsp3) is 0.583. The summed E-state index contributed by atoms with van der Waals surface area (Å²) in [5.41, 5.74) is 6.52. The molecule has 0 spiro atoms. The lowest BCUT2D eigenvalue weighted by molar-refractivity contribution is 0.0833. The molecule has 1 aliphatic rings. The Balaban J connectivity index is 2.37. The van der Waals surface area contributed by atoms with Crippen molar-refractivity contribution in [3.05, 3.63) is 4.88 Å². The van der Waals surface area contributed by atoms with E-state index in [2.05, 4.69) is 4.90 Å². The SMILES string of the molecule is COc1c(N2CCSCC2)sc(C(=O)N(C)C)c1N. The third-order valence-electron chi connectivity index (χ3n) is 2.99. The van der Waals surface area contributed by atoms with Crippen LogP contribution in [0.15, 0.2) is 0 Å². The molecule has 1 saturated heterocycles. The first-order chi connectivity index (χ1) is 9.06. The van der Waals surface area contributed by atoms with Gasteiger partial charge < -0.3 is 20.3 Å². The number of nitrogen functional groups attached to an aromatic ring is 1. The highest BCUT2D eigenvalue weighted by Gasteiger charge is 2.26. The highest BCUT2D eigenvalue weighted by atomic mass is 32.2. The molecule has 1 fully saturated rings. The maximum Gasteiger partial charge on any atom is 0.265 e. The van der Waals surface area contributed by atoms with E-state index in [1.54, 1.807) is 21.2 Å². The van der Waals surface area contributed by atoms with E-state index in [9.17, 15) is 4.79 Å². The molecule has 0 atom stereocenters. The first kappa shape index (κ1) is 14.3. The smallest absolute Gasteiger partial charge is 0.265 e. The zero-order valence-corrected chi connectivity index (χ0v) is 13.1. The summed E-state index contributed by atoms with van der Waals surface area (Å²) in [4.78, 5) is 16.5. The number of carbonyl (C=O) groups is 1. The summed E-state index contributed by atoms with van der Waals surface area (Å²) in [6.07, 6.45) is 0. The minimum Gasteiger partial charge on any atom is -0.492 e. The molecule has 0 bridgehead atoms. The van der Waals surface area contributed by atoms with Crippen molar-refractivity contribution < 1.29 is 9.53 Å². The van der Waals surface area contributed by atoms with Crippen LogP contribution < -0.4 is 15.4 Å². The second kappa shape index (κ2) is 5.92. The number of anilines is 2. The van der Waals surface area contributed by atoms with Gasteiger partial charge in [0, 0.05) is 38.7 Å². The molecule has 2 heterocycles. The molecule has 2 N–H and O–H groups in total.